The molecule has 12 heteroatoms. The van der Waals surface area contributed by atoms with Crippen molar-refractivity contribution in [2.75, 3.05) is 12.4 Å². The molecule has 1 aliphatic carbocycles. The second kappa shape index (κ2) is 10.3. The Morgan fingerprint density at radius 3 is 2.92 bits per heavy atom. The van der Waals surface area contributed by atoms with Crippen molar-refractivity contribution in [1.82, 2.24) is 19.3 Å². The molecule has 0 amide bonds. The summed E-state index contributed by atoms with van der Waals surface area (Å²) in [5, 5.41) is 16.6. The fourth-order valence-electron chi connectivity index (χ4n) is 4.68. The number of hydrogen-bond acceptors (Lipinski definition) is 9. The van der Waals surface area contributed by atoms with Crippen LogP contribution in [0.25, 0.3) is 10.9 Å². The third-order valence-corrected chi connectivity index (χ3v) is 8.47. The SMILES string of the molecule is CNS(=O)(=O)O[C@@H]1C[C@H](Nc2ncncc2C(=O)c2cc(Cn3cc(C)c4ccccc43)cs2)C[C@@H]1O. The highest BCUT2D eigenvalue weighted by Gasteiger charge is 2.37. The number of aromatic nitrogens is 3. The van der Waals surface area contributed by atoms with Gasteiger partial charge in [0, 0.05) is 42.9 Å². The molecule has 37 heavy (non-hydrogen) atoms. The molecule has 0 saturated heterocycles. The zero-order valence-electron chi connectivity index (χ0n) is 20.3. The van der Waals surface area contributed by atoms with Gasteiger partial charge in [-0.25, -0.2) is 9.97 Å². The molecule has 1 saturated carbocycles. The number of hydrogen-bond donors (Lipinski definition) is 3. The maximum Gasteiger partial charge on any atom is 0.335 e. The average molecular weight is 542 g/mol. The fraction of sp³-hybridized carbons (Fsp3) is 0.320. The number of anilines is 1. The van der Waals surface area contributed by atoms with Crippen LogP contribution in [0, 0.1) is 6.92 Å². The lowest BCUT2D eigenvalue weighted by atomic mass is 10.1. The number of ketones is 1. The van der Waals surface area contributed by atoms with Crippen molar-refractivity contribution in [1.29, 1.82) is 0 Å². The second-order valence-electron chi connectivity index (χ2n) is 9.06. The summed E-state index contributed by atoms with van der Waals surface area (Å²) < 4.78 is 32.7. The van der Waals surface area contributed by atoms with E-state index in [0.717, 1.165) is 11.1 Å². The Kier molecular flexibility index (Phi) is 7.10. The number of aryl methyl sites for hydroxylation is 1. The number of benzene rings is 1. The van der Waals surface area contributed by atoms with Crippen molar-refractivity contribution in [3.8, 4) is 0 Å². The molecule has 1 aliphatic rings. The van der Waals surface area contributed by atoms with Crippen LogP contribution in [0.4, 0.5) is 5.82 Å². The van der Waals surface area contributed by atoms with Gasteiger partial charge in [0.15, 0.2) is 0 Å². The van der Waals surface area contributed by atoms with Gasteiger partial charge in [-0.1, -0.05) is 18.2 Å². The van der Waals surface area contributed by atoms with E-state index in [2.05, 4.69) is 49.8 Å². The summed E-state index contributed by atoms with van der Waals surface area (Å²) in [7, 11) is -2.70. The highest BCUT2D eigenvalue weighted by Crippen LogP contribution is 2.29. The number of thiophene rings is 1. The lowest BCUT2D eigenvalue weighted by Gasteiger charge is -2.15. The van der Waals surface area contributed by atoms with Gasteiger partial charge in [-0.3, -0.25) is 8.98 Å². The first kappa shape index (κ1) is 25.5. The fourth-order valence-corrected chi connectivity index (χ4v) is 6.17. The van der Waals surface area contributed by atoms with Crippen LogP contribution in [0.3, 0.4) is 0 Å². The summed E-state index contributed by atoms with van der Waals surface area (Å²) in [5.41, 5.74) is 3.67. The van der Waals surface area contributed by atoms with Crippen molar-refractivity contribution >= 4 is 44.1 Å². The molecule has 0 aliphatic heterocycles. The normalized spacial score (nSPS) is 19.9. The lowest BCUT2D eigenvalue weighted by molar-refractivity contribution is 0.0636. The van der Waals surface area contributed by atoms with Crippen LogP contribution in [0.5, 0.6) is 0 Å². The molecule has 0 radical (unpaired) electrons. The zero-order chi connectivity index (χ0) is 26.2. The minimum absolute atomic E-state index is 0.211. The molecule has 3 atom stereocenters. The maximum absolute atomic E-state index is 13.4. The van der Waals surface area contributed by atoms with Gasteiger partial charge in [0.25, 0.3) is 0 Å². The van der Waals surface area contributed by atoms with Gasteiger partial charge in [0.2, 0.25) is 5.78 Å². The minimum Gasteiger partial charge on any atom is -0.390 e. The molecule has 0 spiro atoms. The molecule has 0 bridgehead atoms. The van der Waals surface area contributed by atoms with E-state index in [9.17, 15) is 18.3 Å². The molecule has 5 rings (SSSR count). The highest BCUT2D eigenvalue weighted by molar-refractivity contribution is 7.84. The van der Waals surface area contributed by atoms with Gasteiger partial charge in [-0.2, -0.15) is 13.1 Å². The molecule has 3 heterocycles. The largest absolute Gasteiger partial charge is 0.390 e. The Bertz CT molecular complexity index is 1550. The Labute approximate surface area is 218 Å². The molecule has 1 aromatic carbocycles. The van der Waals surface area contributed by atoms with E-state index in [0.29, 0.717) is 22.8 Å². The van der Waals surface area contributed by atoms with Crippen LogP contribution in [-0.4, -0.2) is 59.1 Å². The summed E-state index contributed by atoms with van der Waals surface area (Å²) in [5.74, 6) is 0.119. The standard InChI is InChI=1S/C25H27N5O5S2/c1-15-11-30(20-6-4-3-5-18(15)20)12-16-7-23(36-13-16)24(32)19-10-27-14-28-25(19)29-17-8-21(31)22(9-17)35-37(33,34)26-2/h3-7,10-11,13-14,17,21-22,26,31H,8-9,12H2,1-2H3,(H,27,28,29)/t17-,21+,22-/m1/s1. The number of carbonyl (C=O) groups excluding carboxylic acids is 1. The predicted molar refractivity (Wildman–Crippen MR) is 141 cm³/mol. The quantitative estimate of drug-likeness (QED) is 0.275. The number of carbonyl (C=O) groups is 1. The Morgan fingerprint density at radius 1 is 1.30 bits per heavy atom. The van der Waals surface area contributed by atoms with E-state index < -0.39 is 22.5 Å². The summed E-state index contributed by atoms with van der Waals surface area (Å²) in [4.78, 5) is 22.2. The number of aliphatic hydroxyl groups excluding tert-OH is 1. The average Bonchev–Trinajstić information content (AvgIpc) is 3.57. The van der Waals surface area contributed by atoms with Crippen LogP contribution in [0.15, 0.2) is 54.4 Å². The molecule has 194 valence electrons. The third kappa shape index (κ3) is 5.43. The third-order valence-electron chi connectivity index (χ3n) is 6.49. The number of fused-ring (bicyclic) bond motifs is 1. The summed E-state index contributed by atoms with van der Waals surface area (Å²) in [6.45, 7) is 2.73. The summed E-state index contributed by atoms with van der Waals surface area (Å²) in [6.07, 6.45) is 3.51. The monoisotopic (exact) mass is 541 g/mol. The smallest absolute Gasteiger partial charge is 0.335 e. The van der Waals surface area contributed by atoms with E-state index in [-0.39, 0.29) is 24.7 Å². The maximum atomic E-state index is 13.4. The Balaban J connectivity index is 1.31. The van der Waals surface area contributed by atoms with E-state index in [1.54, 1.807) is 0 Å². The lowest BCUT2D eigenvalue weighted by Crippen LogP contribution is -2.31. The Morgan fingerprint density at radius 2 is 2.11 bits per heavy atom. The van der Waals surface area contributed by atoms with E-state index in [1.807, 2.05) is 23.6 Å². The van der Waals surface area contributed by atoms with Gasteiger partial charge in [-0.05, 0) is 48.4 Å². The second-order valence-corrected chi connectivity index (χ2v) is 11.5. The van der Waals surface area contributed by atoms with Gasteiger partial charge < -0.3 is 15.0 Å². The molecule has 0 unspecified atom stereocenters. The Hall–Kier alpha value is -3.16. The molecular weight excluding hydrogens is 514 g/mol. The topological polar surface area (TPSA) is 135 Å². The van der Waals surface area contributed by atoms with E-state index >= 15 is 0 Å². The minimum atomic E-state index is -3.94. The summed E-state index contributed by atoms with van der Waals surface area (Å²) >= 11 is 1.37. The van der Waals surface area contributed by atoms with Crippen LogP contribution < -0.4 is 10.0 Å². The van der Waals surface area contributed by atoms with Crippen molar-refractivity contribution in [2.24, 2.45) is 0 Å². The van der Waals surface area contributed by atoms with Crippen molar-refractivity contribution in [3.05, 3.63) is 76.0 Å². The first-order valence-corrected chi connectivity index (χ1v) is 14.1. The molecule has 3 N–H and O–H groups in total. The van der Waals surface area contributed by atoms with Crippen LogP contribution in [0.2, 0.25) is 0 Å². The van der Waals surface area contributed by atoms with Gasteiger partial charge in [0.1, 0.15) is 18.2 Å². The van der Waals surface area contributed by atoms with E-state index in [1.165, 1.54) is 41.9 Å². The summed E-state index contributed by atoms with van der Waals surface area (Å²) in [6, 6.07) is 9.78. The van der Waals surface area contributed by atoms with Gasteiger partial charge >= 0.3 is 10.3 Å². The molecule has 1 fully saturated rings. The van der Waals surface area contributed by atoms with Crippen molar-refractivity contribution < 1.29 is 22.5 Å². The van der Waals surface area contributed by atoms with Crippen LogP contribution in [0.1, 0.15) is 39.2 Å². The molecular formula is C25H27N5O5S2. The van der Waals surface area contributed by atoms with Gasteiger partial charge in [0.05, 0.1) is 16.5 Å². The zero-order valence-corrected chi connectivity index (χ0v) is 21.9. The molecule has 3 aromatic heterocycles. The number of nitrogens with zero attached hydrogens (tertiary/aromatic N) is 3. The number of aliphatic hydroxyl groups is 1. The number of nitrogens with one attached hydrogen (secondary N) is 2. The van der Waals surface area contributed by atoms with Crippen LogP contribution in [-0.2, 0) is 21.0 Å². The first-order valence-electron chi connectivity index (χ1n) is 11.8. The number of rotatable bonds is 9. The molecule has 10 nitrogen and oxygen atoms in total. The highest BCUT2D eigenvalue weighted by atomic mass is 32.2. The van der Waals surface area contributed by atoms with Crippen molar-refractivity contribution in [3.63, 3.8) is 0 Å². The van der Waals surface area contributed by atoms with Crippen molar-refractivity contribution in [2.45, 2.75) is 44.6 Å². The predicted octanol–water partition coefficient (Wildman–Crippen LogP) is 2.87. The number of para-hydroxylation sites is 1. The molecule has 4 aromatic rings. The van der Waals surface area contributed by atoms with E-state index in [4.69, 9.17) is 4.18 Å². The first-order chi connectivity index (χ1) is 17.7. The van der Waals surface area contributed by atoms with Gasteiger partial charge in [-0.15, -0.1) is 11.3 Å². The van der Waals surface area contributed by atoms with Crippen LogP contribution >= 0.6 is 11.3 Å².